The van der Waals surface area contributed by atoms with Crippen LogP contribution < -0.4 is 25.6 Å². The average molecular weight is 692 g/mol. The van der Waals surface area contributed by atoms with Gasteiger partial charge >= 0.3 is 18.2 Å². The van der Waals surface area contributed by atoms with Crippen molar-refractivity contribution in [3.8, 4) is 17.0 Å². The van der Waals surface area contributed by atoms with E-state index in [9.17, 15) is 27.6 Å². The van der Waals surface area contributed by atoms with Gasteiger partial charge in [-0.3, -0.25) is 9.69 Å². The fourth-order valence-electron chi connectivity index (χ4n) is 5.43. The maximum absolute atomic E-state index is 15.1. The summed E-state index contributed by atoms with van der Waals surface area (Å²) in [6.07, 6.45) is -4.83. The van der Waals surface area contributed by atoms with Crippen LogP contribution in [0.3, 0.4) is 0 Å². The van der Waals surface area contributed by atoms with Crippen LogP contribution in [0, 0.1) is 18.6 Å². The molecule has 2 aliphatic rings. The van der Waals surface area contributed by atoms with Gasteiger partial charge < -0.3 is 25.4 Å². The first-order chi connectivity index (χ1) is 23.3. The van der Waals surface area contributed by atoms with Gasteiger partial charge in [0.05, 0.1) is 31.0 Å². The van der Waals surface area contributed by atoms with E-state index >= 15 is 8.78 Å². The molecule has 17 heteroatoms. The van der Waals surface area contributed by atoms with E-state index in [1.807, 2.05) is 0 Å². The molecule has 0 saturated carbocycles. The minimum absolute atomic E-state index is 0.0231. The highest BCUT2D eigenvalue weighted by atomic mass is 19.4. The van der Waals surface area contributed by atoms with Crippen molar-refractivity contribution in [2.45, 2.75) is 46.0 Å². The fraction of sp³-hybridized carbons (Fsp3) is 0.406. The second-order valence-corrected chi connectivity index (χ2v) is 11.6. The highest BCUT2D eigenvalue weighted by molar-refractivity contribution is 6.04. The number of para-hydroxylation sites is 1. The quantitative estimate of drug-likeness (QED) is 0.118. The van der Waals surface area contributed by atoms with Crippen molar-refractivity contribution in [2.75, 3.05) is 49.6 Å². The van der Waals surface area contributed by atoms with Crippen molar-refractivity contribution >= 4 is 35.4 Å². The lowest BCUT2D eigenvalue weighted by Gasteiger charge is -2.31. The largest absolute Gasteiger partial charge is 0.491 e. The molecule has 0 unspecified atom stereocenters. The van der Waals surface area contributed by atoms with Gasteiger partial charge in [-0.05, 0) is 57.5 Å². The Morgan fingerprint density at radius 1 is 1.08 bits per heavy atom. The van der Waals surface area contributed by atoms with E-state index < -0.39 is 58.8 Å². The smallest absolute Gasteiger partial charge is 0.418 e. The predicted molar refractivity (Wildman–Crippen MR) is 168 cm³/mol. The fourth-order valence-corrected chi connectivity index (χ4v) is 5.43. The van der Waals surface area contributed by atoms with E-state index in [1.165, 1.54) is 19.1 Å². The number of carbonyl (C=O) groups is 3. The summed E-state index contributed by atoms with van der Waals surface area (Å²) in [5.41, 5.74) is -1.26. The lowest BCUT2D eigenvalue weighted by atomic mass is 9.95. The molecule has 5 rings (SSSR count). The first-order valence-corrected chi connectivity index (χ1v) is 15.5. The number of morpholine rings is 1. The van der Waals surface area contributed by atoms with Crippen molar-refractivity contribution in [3.63, 3.8) is 0 Å². The number of carbonyl (C=O) groups excluding carboxylic acids is 3. The first kappa shape index (κ1) is 35.4. The van der Waals surface area contributed by atoms with E-state index in [-0.39, 0.29) is 40.7 Å². The molecule has 262 valence electrons. The summed E-state index contributed by atoms with van der Waals surface area (Å²) in [5.74, 6) is -6.78. The number of urea groups is 1. The molecule has 49 heavy (non-hydrogen) atoms. The summed E-state index contributed by atoms with van der Waals surface area (Å²) in [6, 6.07) is 4.26. The minimum Gasteiger partial charge on any atom is -0.418 e. The van der Waals surface area contributed by atoms with E-state index in [0.29, 0.717) is 37.6 Å². The number of aryl methyl sites for hydroxylation is 1. The molecule has 3 amide bonds. The molecule has 3 heterocycles. The van der Waals surface area contributed by atoms with Gasteiger partial charge in [-0.25, -0.2) is 28.3 Å². The van der Waals surface area contributed by atoms with Crippen molar-refractivity contribution in [1.82, 2.24) is 25.5 Å². The molecular weight excluding hydrogens is 657 g/mol. The predicted octanol–water partition coefficient (Wildman–Crippen LogP) is 4.83. The Hall–Kier alpha value is -4.90. The summed E-state index contributed by atoms with van der Waals surface area (Å²) in [6.45, 7) is 8.10. The molecule has 0 spiro atoms. The average Bonchev–Trinajstić information content (AvgIpc) is 3.03. The third kappa shape index (κ3) is 7.88. The number of esters is 1. The Kier molecular flexibility index (Phi) is 10.6. The number of benzene rings is 2. The van der Waals surface area contributed by atoms with Gasteiger partial charge in [-0.15, -0.1) is 0 Å². The summed E-state index contributed by atoms with van der Waals surface area (Å²) < 4.78 is 81.3. The molecule has 3 aromatic rings. The van der Waals surface area contributed by atoms with Crippen LogP contribution in [0.15, 0.2) is 30.3 Å². The molecule has 3 N–H and O–H groups in total. The van der Waals surface area contributed by atoms with Crippen molar-refractivity contribution in [1.29, 1.82) is 0 Å². The zero-order chi connectivity index (χ0) is 35.5. The van der Waals surface area contributed by atoms with E-state index in [2.05, 4.69) is 30.8 Å². The van der Waals surface area contributed by atoms with Crippen molar-refractivity contribution in [2.24, 2.45) is 0 Å². The molecule has 0 atom stereocenters. The Bertz CT molecular complexity index is 1730. The molecule has 2 aromatic carbocycles. The van der Waals surface area contributed by atoms with Gasteiger partial charge in [-0.2, -0.15) is 18.2 Å². The Morgan fingerprint density at radius 2 is 1.78 bits per heavy atom. The Morgan fingerprint density at radius 3 is 2.43 bits per heavy atom. The van der Waals surface area contributed by atoms with Crippen molar-refractivity contribution in [3.05, 3.63) is 58.7 Å². The maximum Gasteiger partial charge on any atom is 0.491 e. The minimum atomic E-state index is -5.43. The molecule has 2 aliphatic heterocycles. The van der Waals surface area contributed by atoms with Crippen LogP contribution in [0.4, 0.5) is 44.2 Å². The Balaban J connectivity index is 1.69. The van der Waals surface area contributed by atoms with Gasteiger partial charge in [0, 0.05) is 36.8 Å². The van der Waals surface area contributed by atoms with Crippen LogP contribution in [0.2, 0.25) is 0 Å². The van der Waals surface area contributed by atoms with Crippen LogP contribution in [0.5, 0.6) is 5.75 Å². The standard InChI is InChI=1S/C32H34F5N7O5/c1-17(2)40-28(45)19-9-8-18(3)23(26(19)49-29(46)32(35,36)37)24-20-16-39-31(47)44(25-21(33)6-4-7-22(25)34)27(20)42-30(41-24)38-10-5-11-43-12-14-48-15-13-43/h4,6-9,17H,5,10-16H2,1-3H3,(H,39,47)(H,40,45)(H,38,41,42). The molecule has 0 aliphatic carbocycles. The number of nitrogens with zero attached hydrogens (tertiary/aromatic N) is 4. The second-order valence-electron chi connectivity index (χ2n) is 11.6. The topological polar surface area (TPSA) is 138 Å². The monoisotopic (exact) mass is 691 g/mol. The van der Waals surface area contributed by atoms with E-state index in [1.54, 1.807) is 13.8 Å². The van der Waals surface area contributed by atoms with E-state index in [0.717, 1.165) is 31.3 Å². The molecule has 0 bridgehead atoms. The van der Waals surface area contributed by atoms with Crippen molar-refractivity contribution < 1.29 is 45.8 Å². The number of hydrogen-bond acceptors (Lipinski definition) is 9. The van der Waals surface area contributed by atoms with Crippen LogP contribution in [0.25, 0.3) is 11.3 Å². The second kappa shape index (κ2) is 14.7. The van der Waals surface area contributed by atoms with Crippen LogP contribution in [0.1, 0.15) is 41.8 Å². The zero-order valence-corrected chi connectivity index (χ0v) is 26.8. The van der Waals surface area contributed by atoms with Crippen LogP contribution in [-0.2, 0) is 16.1 Å². The van der Waals surface area contributed by atoms with E-state index in [4.69, 9.17) is 9.47 Å². The molecule has 0 radical (unpaired) electrons. The van der Waals surface area contributed by atoms with Gasteiger partial charge in [0.15, 0.2) is 11.6 Å². The summed E-state index contributed by atoms with van der Waals surface area (Å²) >= 11 is 0. The Labute approximate surface area is 278 Å². The van der Waals surface area contributed by atoms with Gasteiger partial charge in [0.25, 0.3) is 5.91 Å². The lowest BCUT2D eigenvalue weighted by molar-refractivity contribution is -0.189. The number of rotatable bonds is 10. The molecule has 12 nitrogen and oxygen atoms in total. The summed E-state index contributed by atoms with van der Waals surface area (Å²) in [5, 5.41) is 8.11. The van der Waals surface area contributed by atoms with Crippen LogP contribution in [-0.4, -0.2) is 84.4 Å². The molecule has 1 saturated heterocycles. The van der Waals surface area contributed by atoms with Crippen LogP contribution >= 0.6 is 0 Å². The number of fused-ring (bicyclic) bond motifs is 1. The summed E-state index contributed by atoms with van der Waals surface area (Å²) in [4.78, 5) is 50.6. The normalized spacial score (nSPS) is 15.1. The maximum atomic E-state index is 15.1. The van der Waals surface area contributed by atoms with Gasteiger partial charge in [-0.1, -0.05) is 12.1 Å². The zero-order valence-electron chi connectivity index (χ0n) is 26.8. The SMILES string of the molecule is Cc1ccc(C(=O)NC(C)C)c(OC(=O)C(F)(F)F)c1-c1nc(NCCCN2CCOCC2)nc2c1CNC(=O)N2c1c(F)cccc1F. The highest BCUT2D eigenvalue weighted by Crippen LogP contribution is 2.43. The number of halogens is 5. The summed E-state index contributed by atoms with van der Waals surface area (Å²) in [7, 11) is 0. The molecule has 1 fully saturated rings. The molecular formula is C32H34F5N7O5. The number of hydrogen-bond donors (Lipinski definition) is 3. The number of anilines is 3. The highest BCUT2D eigenvalue weighted by Gasteiger charge is 2.43. The molecule has 1 aromatic heterocycles. The van der Waals surface area contributed by atoms with Gasteiger partial charge in [0.1, 0.15) is 17.3 Å². The number of ether oxygens (including phenoxy) is 2. The number of aromatic nitrogens is 2. The number of alkyl halides is 3. The third-order valence-electron chi connectivity index (χ3n) is 7.71. The number of nitrogens with one attached hydrogen (secondary N) is 3. The van der Waals surface area contributed by atoms with Gasteiger partial charge in [0.2, 0.25) is 5.95 Å². The lowest BCUT2D eigenvalue weighted by Crippen LogP contribution is -2.43. The number of amides is 3. The third-order valence-corrected chi connectivity index (χ3v) is 7.71. The first-order valence-electron chi connectivity index (χ1n) is 15.5.